The highest BCUT2D eigenvalue weighted by atomic mass is 16.4. The van der Waals surface area contributed by atoms with Gasteiger partial charge in [0.05, 0.1) is 22.4 Å². The molecule has 0 bridgehead atoms. The zero-order valence-corrected chi connectivity index (χ0v) is 15.6. The van der Waals surface area contributed by atoms with Gasteiger partial charge in [0.15, 0.2) is 0 Å². The van der Waals surface area contributed by atoms with Crippen molar-refractivity contribution >= 4 is 35.1 Å². The Hall–Kier alpha value is -4.46. The Labute approximate surface area is 171 Å². The summed E-state index contributed by atoms with van der Waals surface area (Å²) >= 11 is 0. The quantitative estimate of drug-likeness (QED) is 0.501. The van der Waals surface area contributed by atoms with Crippen LogP contribution in [0.15, 0.2) is 72.8 Å². The van der Waals surface area contributed by atoms with Gasteiger partial charge < -0.3 is 21.5 Å². The Morgan fingerprint density at radius 1 is 0.700 bits per heavy atom. The van der Waals surface area contributed by atoms with E-state index in [4.69, 9.17) is 5.73 Å². The lowest BCUT2D eigenvalue weighted by molar-refractivity contribution is 0.0692. The SMILES string of the molecule is NC(=O)c1cc(NC(=O)c2ccccc2)ccc1NC(=O)c1ccccc1C(=O)O. The fourth-order valence-electron chi connectivity index (χ4n) is 2.78. The average Bonchev–Trinajstić information content (AvgIpc) is 2.75. The second-order valence-corrected chi connectivity index (χ2v) is 6.25. The third kappa shape index (κ3) is 4.50. The minimum absolute atomic E-state index is 0.0398. The molecule has 0 unspecified atom stereocenters. The fraction of sp³-hybridized carbons (Fsp3) is 0. The number of nitrogens with one attached hydrogen (secondary N) is 2. The maximum Gasteiger partial charge on any atom is 0.336 e. The largest absolute Gasteiger partial charge is 0.478 e. The van der Waals surface area contributed by atoms with Crippen molar-refractivity contribution in [1.29, 1.82) is 0 Å². The smallest absolute Gasteiger partial charge is 0.336 e. The summed E-state index contributed by atoms with van der Waals surface area (Å²) in [6.45, 7) is 0. The first-order valence-electron chi connectivity index (χ1n) is 8.80. The molecule has 0 heterocycles. The molecule has 30 heavy (non-hydrogen) atoms. The molecule has 0 atom stereocenters. The zero-order chi connectivity index (χ0) is 21.7. The van der Waals surface area contributed by atoms with Crippen molar-refractivity contribution in [2.75, 3.05) is 10.6 Å². The number of primary amides is 1. The average molecular weight is 403 g/mol. The van der Waals surface area contributed by atoms with E-state index in [1.54, 1.807) is 30.3 Å². The molecular weight excluding hydrogens is 386 g/mol. The van der Waals surface area contributed by atoms with Crippen molar-refractivity contribution in [1.82, 2.24) is 0 Å². The van der Waals surface area contributed by atoms with Crippen LogP contribution in [0.5, 0.6) is 0 Å². The summed E-state index contributed by atoms with van der Waals surface area (Å²) in [5.74, 6) is -3.17. The summed E-state index contributed by atoms with van der Waals surface area (Å²) in [6.07, 6.45) is 0. The van der Waals surface area contributed by atoms with Crippen LogP contribution in [-0.2, 0) is 0 Å². The van der Waals surface area contributed by atoms with Gasteiger partial charge in [-0.25, -0.2) is 4.79 Å². The molecule has 3 amide bonds. The van der Waals surface area contributed by atoms with Crippen LogP contribution in [0.4, 0.5) is 11.4 Å². The molecule has 3 aromatic carbocycles. The maximum absolute atomic E-state index is 12.6. The third-order valence-corrected chi connectivity index (χ3v) is 4.23. The number of hydrogen-bond acceptors (Lipinski definition) is 4. The second kappa shape index (κ2) is 8.70. The van der Waals surface area contributed by atoms with Gasteiger partial charge >= 0.3 is 5.97 Å². The van der Waals surface area contributed by atoms with Crippen molar-refractivity contribution in [3.05, 3.63) is 95.1 Å². The van der Waals surface area contributed by atoms with E-state index in [-0.39, 0.29) is 28.3 Å². The Bertz CT molecular complexity index is 1140. The number of carbonyl (C=O) groups is 4. The molecule has 5 N–H and O–H groups in total. The van der Waals surface area contributed by atoms with Crippen LogP contribution in [0.25, 0.3) is 0 Å². The lowest BCUT2D eigenvalue weighted by Gasteiger charge is -2.13. The van der Waals surface area contributed by atoms with Gasteiger partial charge in [-0.2, -0.15) is 0 Å². The second-order valence-electron chi connectivity index (χ2n) is 6.25. The van der Waals surface area contributed by atoms with Crippen LogP contribution in [0.1, 0.15) is 41.4 Å². The van der Waals surface area contributed by atoms with E-state index in [0.29, 0.717) is 11.3 Å². The predicted octanol–water partition coefficient (Wildman–Crippen LogP) is 2.99. The van der Waals surface area contributed by atoms with Gasteiger partial charge in [-0.05, 0) is 42.5 Å². The Morgan fingerprint density at radius 3 is 1.97 bits per heavy atom. The Morgan fingerprint density at radius 2 is 1.33 bits per heavy atom. The third-order valence-electron chi connectivity index (χ3n) is 4.23. The van der Waals surface area contributed by atoms with Crippen molar-refractivity contribution < 1.29 is 24.3 Å². The summed E-state index contributed by atoms with van der Waals surface area (Å²) in [4.78, 5) is 48.1. The molecule has 0 aliphatic heterocycles. The van der Waals surface area contributed by atoms with Crippen molar-refractivity contribution in [2.24, 2.45) is 5.73 Å². The van der Waals surface area contributed by atoms with Gasteiger partial charge in [-0.1, -0.05) is 30.3 Å². The highest BCUT2D eigenvalue weighted by Crippen LogP contribution is 2.22. The van der Waals surface area contributed by atoms with Gasteiger partial charge in [0.2, 0.25) is 0 Å². The van der Waals surface area contributed by atoms with Crippen LogP contribution >= 0.6 is 0 Å². The number of carboxylic acid groups (broad SMARTS) is 1. The molecule has 150 valence electrons. The number of carboxylic acids is 1. The molecule has 0 radical (unpaired) electrons. The highest BCUT2D eigenvalue weighted by molar-refractivity contribution is 6.13. The van der Waals surface area contributed by atoms with E-state index >= 15 is 0 Å². The van der Waals surface area contributed by atoms with Crippen molar-refractivity contribution in [3.63, 3.8) is 0 Å². The zero-order valence-electron chi connectivity index (χ0n) is 15.6. The normalized spacial score (nSPS) is 10.1. The van der Waals surface area contributed by atoms with Crippen molar-refractivity contribution in [2.45, 2.75) is 0 Å². The monoisotopic (exact) mass is 403 g/mol. The molecule has 0 aromatic heterocycles. The van der Waals surface area contributed by atoms with E-state index in [2.05, 4.69) is 10.6 Å². The first-order chi connectivity index (χ1) is 14.4. The van der Waals surface area contributed by atoms with Crippen LogP contribution < -0.4 is 16.4 Å². The summed E-state index contributed by atoms with van der Waals surface area (Å²) in [7, 11) is 0. The molecule has 3 aromatic rings. The van der Waals surface area contributed by atoms with Gasteiger partial charge in [0, 0.05) is 11.3 Å². The van der Waals surface area contributed by atoms with E-state index in [0.717, 1.165) is 0 Å². The van der Waals surface area contributed by atoms with Crippen molar-refractivity contribution in [3.8, 4) is 0 Å². The van der Waals surface area contributed by atoms with Gasteiger partial charge in [0.25, 0.3) is 17.7 Å². The Kier molecular flexibility index (Phi) is 5.88. The number of amides is 3. The van der Waals surface area contributed by atoms with E-state index in [1.807, 2.05) is 0 Å². The number of carbonyl (C=O) groups excluding carboxylic acids is 3. The number of benzene rings is 3. The highest BCUT2D eigenvalue weighted by Gasteiger charge is 2.18. The van der Waals surface area contributed by atoms with E-state index in [1.165, 1.54) is 42.5 Å². The topological polar surface area (TPSA) is 139 Å². The number of nitrogens with two attached hydrogens (primary N) is 1. The van der Waals surface area contributed by atoms with Gasteiger partial charge in [0.1, 0.15) is 0 Å². The molecule has 8 heteroatoms. The lowest BCUT2D eigenvalue weighted by Crippen LogP contribution is -2.21. The number of anilines is 2. The van der Waals surface area contributed by atoms with Crippen LogP contribution in [0, 0.1) is 0 Å². The molecule has 0 aliphatic rings. The number of hydrogen-bond donors (Lipinski definition) is 4. The molecular formula is C22H17N3O5. The van der Waals surface area contributed by atoms with E-state index in [9.17, 15) is 24.3 Å². The Balaban J connectivity index is 1.86. The molecule has 0 spiro atoms. The van der Waals surface area contributed by atoms with Gasteiger partial charge in [-0.3, -0.25) is 14.4 Å². The molecule has 3 rings (SSSR count). The minimum atomic E-state index is -1.25. The molecule has 0 aliphatic carbocycles. The summed E-state index contributed by atoms with van der Waals surface area (Å²) in [5, 5.41) is 14.4. The first kappa shape index (κ1) is 20.3. The minimum Gasteiger partial charge on any atom is -0.478 e. The summed E-state index contributed by atoms with van der Waals surface area (Å²) in [6, 6.07) is 18.4. The molecule has 8 nitrogen and oxygen atoms in total. The molecule has 0 saturated heterocycles. The predicted molar refractivity (Wildman–Crippen MR) is 111 cm³/mol. The molecule has 0 saturated carbocycles. The summed E-state index contributed by atoms with van der Waals surface area (Å²) < 4.78 is 0. The fourth-order valence-corrected chi connectivity index (χ4v) is 2.78. The van der Waals surface area contributed by atoms with Crippen LogP contribution in [-0.4, -0.2) is 28.8 Å². The molecule has 0 fully saturated rings. The van der Waals surface area contributed by atoms with Crippen LogP contribution in [0.2, 0.25) is 0 Å². The van der Waals surface area contributed by atoms with Gasteiger partial charge in [-0.15, -0.1) is 0 Å². The standard InChI is InChI=1S/C22H17N3O5/c23-19(26)17-12-14(24-20(27)13-6-2-1-3-7-13)10-11-18(17)25-21(28)15-8-4-5-9-16(15)22(29)30/h1-12H,(H2,23,26)(H,24,27)(H,25,28)(H,29,30). The first-order valence-corrected chi connectivity index (χ1v) is 8.80. The number of rotatable bonds is 6. The lowest BCUT2D eigenvalue weighted by atomic mass is 10.1. The van der Waals surface area contributed by atoms with E-state index < -0.39 is 17.8 Å². The maximum atomic E-state index is 12.6. The summed E-state index contributed by atoms with van der Waals surface area (Å²) in [5.41, 5.74) is 5.96. The number of aromatic carboxylic acids is 1. The van der Waals surface area contributed by atoms with Crippen LogP contribution in [0.3, 0.4) is 0 Å².